The highest BCUT2D eigenvalue weighted by atomic mass is 16.4. The van der Waals surface area contributed by atoms with Crippen LogP contribution in [0.5, 0.6) is 0 Å². The molecule has 7 nitrogen and oxygen atoms in total. The Morgan fingerprint density at radius 3 is 2.88 bits per heavy atom. The second-order valence-corrected chi connectivity index (χ2v) is 6.47. The monoisotopic (exact) mass is 330 g/mol. The Hall–Kier alpha value is -2.54. The SMILES string of the molecule is CC(Cc1c[nH]c2ccccc12)(NC(=O)[O-])C(=O)N1CCC(O)C1. The van der Waals surface area contributed by atoms with Crippen molar-refractivity contribution in [2.75, 3.05) is 13.1 Å². The molecular weight excluding hydrogens is 310 g/mol. The van der Waals surface area contributed by atoms with Crippen molar-refractivity contribution in [2.24, 2.45) is 0 Å². The molecule has 2 atom stereocenters. The molecule has 2 unspecified atom stereocenters. The number of β-amino-alcohol motifs (C(OH)–C–C–N with tert-alkyl or cyclic N) is 1. The van der Waals surface area contributed by atoms with Gasteiger partial charge in [-0.15, -0.1) is 0 Å². The molecule has 2 amide bonds. The van der Waals surface area contributed by atoms with E-state index in [9.17, 15) is 19.8 Å². The second kappa shape index (κ2) is 6.16. The van der Waals surface area contributed by atoms with Gasteiger partial charge in [0.25, 0.3) is 0 Å². The lowest BCUT2D eigenvalue weighted by Crippen LogP contribution is -2.61. The predicted molar refractivity (Wildman–Crippen MR) is 86.1 cm³/mol. The van der Waals surface area contributed by atoms with E-state index in [1.165, 1.54) is 4.90 Å². The topological polar surface area (TPSA) is 108 Å². The Kier molecular flexibility index (Phi) is 4.19. The minimum absolute atomic E-state index is 0.191. The summed E-state index contributed by atoms with van der Waals surface area (Å²) in [5, 5.41) is 24.0. The average molecular weight is 330 g/mol. The van der Waals surface area contributed by atoms with Gasteiger partial charge < -0.3 is 30.2 Å². The minimum atomic E-state index is -1.49. The van der Waals surface area contributed by atoms with Crippen molar-refractivity contribution in [3.63, 3.8) is 0 Å². The lowest BCUT2D eigenvalue weighted by atomic mass is 9.91. The number of para-hydroxylation sites is 1. The summed E-state index contributed by atoms with van der Waals surface area (Å²) in [4.78, 5) is 28.6. The van der Waals surface area contributed by atoms with Crippen LogP contribution in [0.25, 0.3) is 10.9 Å². The van der Waals surface area contributed by atoms with Crippen molar-refractivity contribution in [2.45, 2.75) is 31.4 Å². The lowest BCUT2D eigenvalue weighted by molar-refractivity contribution is -0.253. The number of carbonyl (C=O) groups excluding carboxylic acids is 2. The standard InChI is InChI=1S/C17H21N3O4/c1-17(19-16(23)24,15(22)20-7-6-12(21)10-20)8-11-9-18-14-5-3-2-4-13(11)14/h2-5,9,12,18-19,21H,6-8,10H2,1H3,(H,23,24)/p-1. The van der Waals surface area contributed by atoms with Gasteiger partial charge in [-0.25, -0.2) is 0 Å². The molecule has 1 aliphatic rings. The van der Waals surface area contributed by atoms with Crippen molar-refractivity contribution in [1.29, 1.82) is 0 Å². The van der Waals surface area contributed by atoms with Gasteiger partial charge in [-0.05, 0) is 25.0 Å². The third kappa shape index (κ3) is 3.07. The maximum absolute atomic E-state index is 12.9. The van der Waals surface area contributed by atoms with Crippen LogP contribution in [0.4, 0.5) is 4.79 Å². The number of hydrogen-bond acceptors (Lipinski definition) is 4. The first-order valence-electron chi connectivity index (χ1n) is 7.90. The van der Waals surface area contributed by atoms with Crippen LogP contribution in [-0.2, 0) is 11.2 Å². The molecule has 1 aliphatic heterocycles. The number of fused-ring (bicyclic) bond motifs is 1. The number of benzene rings is 1. The van der Waals surface area contributed by atoms with Crippen LogP contribution in [-0.4, -0.2) is 51.7 Å². The van der Waals surface area contributed by atoms with Gasteiger partial charge in [0.15, 0.2) is 0 Å². The van der Waals surface area contributed by atoms with E-state index in [2.05, 4.69) is 10.3 Å². The quantitative estimate of drug-likeness (QED) is 0.733. The highest BCUT2D eigenvalue weighted by molar-refractivity contribution is 5.91. The van der Waals surface area contributed by atoms with E-state index in [1.54, 1.807) is 13.1 Å². The zero-order valence-electron chi connectivity index (χ0n) is 13.4. The van der Waals surface area contributed by atoms with Crippen LogP contribution < -0.4 is 10.4 Å². The van der Waals surface area contributed by atoms with Gasteiger partial charge in [-0.2, -0.15) is 0 Å². The molecule has 1 saturated heterocycles. The highest BCUT2D eigenvalue weighted by Gasteiger charge is 2.39. The highest BCUT2D eigenvalue weighted by Crippen LogP contribution is 2.25. The van der Waals surface area contributed by atoms with Crippen molar-refractivity contribution in [1.82, 2.24) is 15.2 Å². The van der Waals surface area contributed by atoms with E-state index in [0.29, 0.717) is 13.0 Å². The maximum atomic E-state index is 12.9. The van der Waals surface area contributed by atoms with Crippen molar-refractivity contribution in [3.05, 3.63) is 36.0 Å². The predicted octanol–water partition coefficient (Wildman–Crippen LogP) is -0.00480. The number of nitrogens with zero attached hydrogens (tertiary/aromatic N) is 1. The van der Waals surface area contributed by atoms with Gasteiger partial charge in [0.05, 0.1) is 6.10 Å². The first-order chi connectivity index (χ1) is 11.4. The summed E-state index contributed by atoms with van der Waals surface area (Å²) in [6, 6.07) is 7.63. The fraction of sp³-hybridized carbons (Fsp3) is 0.412. The molecule has 1 aromatic heterocycles. The van der Waals surface area contributed by atoms with Crippen LogP contribution in [0.3, 0.4) is 0 Å². The number of H-pyrrole nitrogens is 1. The molecule has 0 aliphatic carbocycles. The summed E-state index contributed by atoms with van der Waals surface area (Å²) >= 11 is 0. The molecule has 3 rings (SSSR count). The van der Waals surface area contributed by atoms with Gasteiger partial charge in [-0.1, -0.05) is 18.2 Å². The second-order valence-electron chi connectivity index (χ2n) is 6.47. The smallest absolute Gasteiger partial charge is 0.248 e. The number of likely N-dealkylation sites (tertiary alicyclic amines) is 1. The van der Waals surface area contributed by atoms with Crippen molar-refractivity contribution >= 4 is 22.9 Å². The van der Waals surface area contributed by atoms with E-state index in [0.717, 1.165) is 16.5 Å². The number of aliphatic hydroxyl groups excluding tert-OH is 1. The molecule has 2 heterocycles. The molecule has 0 bridgehead atoms. The number of aromatic amines is 1. The number of carboxylic acid groups (broad SMARTS) is 1. The Morgan fingerprint density at radius 2 is 2.21 bits per heavy atom. The number of carbonyl (C=O) groups is 2. The minimum Gasteiger partial charge on any atom is -0.530 e. The molecule has 3 N–H and O–H groups in total. The van der Waals surface area contributed by atoms with E-state index in [1.807, 2.05) is 24.3 Å². The molecule has 0 radical (unpaired) electrons. The first kappa shape index (κ1) is 16.3. The fourth-order valence-electron chi connectivity index (χ4n) is 3.33. The van der Waals surface area contributed by atoms with E-state index >= 15 is 0 Å². The Bertz CT molecular complexity index is 772. The largest absolute Gasteiger partial charge is 0.530 e. The van der Waals surface area contributed by atoms with E-state index in [-0.39, 0.29) is 18.9 Å². The molecule has 2 aromatic rings. The summed E-state index contributed by atoms with van der Waals surface area (Å²) in [7, 11) is 0. The fourth-order valence-corrected chi connectivity index (χ4v) is 3.33. The maximum Gasteiger partial charge on any atom is 0.248 e. The number of aromatic nitrogens is 1. The summed E-state index contributed by atoms with van der Waals surface area (Å²) < 4.78 is 0. The van der Waals surface area contributed by atoms with Crippen molar-refractivity contribution < 1.29 is 19.8 Å². The molecule has 0 saturated carbocycles. The number of amides is 2. The summed E-state index contributed by atoms with van der Waals surface area (Å²) in [6.07, 6.45) is 0.419. The van der Waals surface area contributed by atoms with Crippen LogP contribution in [0.1, 0.15) is 18.9 Å². The number of rotatable bonds is 4. The number of hydrogen-bond donors (Lipinski definition) is 3. The van der Waals surface area contributed by atoms with Gasteiger partial charge in [0, 0.05) is 36.6 Å². The zero-order chi connectivity index (χ0) is 17.3. The Labute approximate surface area is 139 Å². The third-order valence-electron chi connectivity index (χ3n) is 4.52. The van der Waals surface area contributed by atoms with Gasteiger partial charge in [0.2, 0.25) is 5.91 Å². The Balaban J connectivity index is 1.90. The van der Waals surface area contributed by atoms with Crippen LogP contribution >= 0.6 is 0 Å². The first-order valence-corrected chi connectivity index (χ1v) is 7.90. The van der Waals surface area contributed by atoms with E-state index < -0.39 is 17.7 Å². The molecule has 24 heavy (non-hydrogen) atoms. The van der Waals surface area contributed by atoms with E-state index in [4.69, 9.17) is 0 Å². The number of aliphatic hydroxyl groups is 1. The Morgan fingerprint density at radius 1 is 1.46 bits per heavy atom. The average Bonchev–Trinajstić information content (AvgIpc) is 3.13. The zero-order valence-corrected chi connectivity index (χ0v) is 13.4. The molecule has 1 fully saturated rings. The van der Waals surface area contributed by atoms with Crippen LogP contribution in [0.2, 0.25) is 0 Å². The molecule has 7 heteroatoms. The lowest BCUT2D eigenvalue weighted by Gasteiger charge is -2.34. The number of nitrogens with one attached hydrogen (secondary N) is 2. The molecule has 1 aromatic carbocycles. The summed E-state index contributed by atoms with van der Waals surface area (Å²) in [5.41, 5.74) is 0.413. The van der Waals surface area contributed by atoms with Crippen molar-refractivity contribution in [3.8, 4) is 0 Å². The molecule has 128 valence electrons. The third-order valence-corrected chi connectivity index (χ3v) is 4.52. The van der Waals surface area contributed by atoms with Gasteiger partial charge in [-0.3, -0.25) is 4.79 Å². The summed E-state index contributed by atoms with van der Waals surface area (Å²) in [5.74, 6) is -0.353. The summed E-state index contributed by atoms with van der Waals surface area (Å²) in [6.45, 7) is 2.19. The van der Waals surface area contributed by atoms with Crippen LogP contribution in [0, 0.1) is 0 Å². The molecular formula is C17H20N3O4-. The normalized spacial score (nSPS) is 20.1. The molecule has 0 spiro atoms. The van der Waals surface area contributed by atoms with Gasteiger partial charge >= 0.3 is 0 Å². The van der Waals surface area contributed by atoms with Crippen LogP contribution in [0.15, 0.2) is 30.5 Å². The van der Waals surface area contributed by atoms with Gasteiger partial charge in [0.1, 0.15) is 11.6 Å².